The molecule has 1 fully saturated rings. The van der Waals surface area contributed by atoms with Crippen LogP contribution < -0.4 is 10.6 Å². The molecule has 0 spiro atoms. The van der Waals surface area contributed by atoms with Gasteiger partial charge in [0.05, 0.1) is 11.4 Å². The molecule has 0 aliphatic heterocycles. The Kier molecular flexibility index (Phi) is 6.14. The number of nitrogens with one attached hydrogen (secondary N) is 2. The van der Waals surface area contributed by atoms with Gasteiger partial charge in [0.2, 0.25) is 5.91 Å². The molecule has 0 unspecified atom stereocenters. The topological polar surface area (TPSA) is 102 Å². The molecular weight excluding hydrogens is 468 g/mol. The summed E-state index contributed by atoms with van der Waals surface area (Å²) < 4.78 is 2.36. The first kappa shape index (κ1) is 20.5. The number of carbonyl (C=O) groups is 2. The molecule has 1 aliphatic carbocycles. The Labute approximate surface area is 186 Å². The van der Waals surface area contributed by atoms with Crippen LogP contribution in [0.3, 0.4) is 0 Å². The van der Waals surface area contributed by atoms with Crippen molar-refractivity contribution in [2.45, 2.75) is 30.8 Å². The molecule has 0 radical (unpaired) electrons. The van der Waals surface area contributed by atoms with Crippen molar-refractivity contribution in [2.75, 3.05) is 11.1 Å². The molecule has 4 rings (SSSR count). The standard InChI is InChI=1S/C20H19BrN6O2S/c1-12-2-5-15(14(21)8-12)25-18(28)10-30-19-9-17(22-11-23-19)27-7-6-16(26-27)20(29)24-13-3-4-13/h2,5-9,11,13H,3-4,10H2,1H3,(H,24,29)(H,25,28). The molecular formula is C20H19BrN6O2S. The van der Waals surface area contributed by atoms with E-state index in [2.05, 4.69) is 41.6 Å². The number of aromatic nitrogens is 4. The molecule has 2 N–H and O–H groups in total. The van der Waals surface area contributed by atoms with Gasteiger partial charge in [0, 0.05) is 22.8 Å². The molecule has 0 saturated heterocycles. The second-order valence-electron chi connectivity index (χ2n) is 6.93. The highest BCUT2D eigenvalue weighted by atomic mass is 79.9. The minimum absolute atomic E-state index is 0.136. The van der Waals surface area contributed by atoms with Crippen molar-refractivity contribution >= 4 is 45.2 Å². The third kappa shape index (κ3) is 5.25. The Morgan fingerprint density at radius 1 is 1.23 bits per heavy atom. The summed E-state index contributed by atoms with van der Waals surface area (Å²) in [4.78, 5) is 32.8. The lowest BCUT2D eigenvalue weighted by Gasteiger charge is -2.08. The van der Waals surface area contributed by atoms with Gasteiger partial charge in [-0.25, -0.2) is 14.6 Å². The first-order valence-electron chi connectivity index (χ1n) is 9.36. The number of carbonyl (C=O) groups excluding carboxylic acids is 2. The van der Waals surface area contributed by atoms with Crippen LogP contribution in [-0.4, -0.2) is 43.4 Å². The van der Waals surface area contributed by atoms with Crippen LogP contribution in [0.5, 0.6) is 0 Å². The van der Waals surface area contributed by atoms with Gasteiger partial charge in [-0.2, -0.15) is 5.10 Å². The zero-order chi connectivity index (χ0) is 21.1. The van der Waals surface area contributed by atoms with Crippen molar-refractivity contribution in [2.24, 2.45) is 0 Å². The van der Waals surface area contributed by atoms with Crippen LogP contribution in [0.1, 0.15) is 28.9 Å². The number of aryl methyl sites for hydroxylation is 1. The number of rotatable bonds is 7. The van der Waals surface area contributed by atoms with Crippen LogP contribution >= 0.6 is 27.7 Å². The first-order valence-corrected chi connectivity index (χ1v) is 11.1. The van der Waals surface area contributed by atoms with E-state index in [-0.39, 0.29) is 23.6 Å². The Bertz CT molecular complexity index is 1100. The molecule has 2 heterocycles. The van der Waals surface area contributed by atoms with Gasteiger partial charge in [-0.05, 0) is 59.5 Å². The predicted molar refractivity (Wildman–Crippen MR) is 118 cm³/mol. The Morgan fingerprint density at radius 3 is 2.83 bits per heavy atom. The lowest BCUT2D eigenvalue weighted by Crippen LogP contribution is -2.25. The molecule has 3 aromatic rings. The lowest BCUT2D eigenvalue weighted by atomic mass is 10.2. The zero-order valence-electron chi connectivity index (χ0n) is 16.1. The Balaban J connectivity index is 1.37. The molecule has 1 aromatic carbocycles. The monoisotopic (exact) mass is 486 g/mol. The van der Waals surface area contributed by atoms with Crippen molar-refractivity contribution in [3.8, 4) is 5.82 Å². The summed E-state index contributed by atoms with van der Waals surface area (Å²) in [6.07, 6.45) is 5.14. The average Bonchev–Trinajstić information content (AvgIpc) is 3.39. The van der Waals surface area contributed by atoms with E-state index in [0.717, 1.165) is 28.6 Å². The fraction of sp³-hybridized carbons (Fsp3) is 0.250. The van der Waals surface area contributed by atoms with Crippen LogP contribution in [0.4, 0.5) is 5.69 Å². The van der Waals surface area contributed by atoms with Gasteiger partial charge in [-0.1, -0.05) is 17.8 Å². The molecule has 154 valence electrons. The average molecular weight is 487 g/mol. The number of anilines is 1. The maximum atomic E-state index is 12.3. The molecule has 8 nitrogen and oxygen atoms in total. The van der Waals surface area contributed by atoms with E-state index in [1.54, 1.807) is 18.3 Å². The number of hydrogen-bond acceptors (Lipinski definition) is 6. The van der Waals surface area contributed by atoms with Gasteiger partial charge in [0.15, 0.2) is 11.5 Å². The van der Waals surface area contributed by atoms with Crippen LogP contribution in [0.25, 0.3) is 5.82 Å². The van der Waals surface area contributed by atoms with Crippen LogP contribution in [-0.2, 0) is 4.79 Å². The summed E-state index contributed by atoms with van der Waals surface area (Å²) >= 11 is 4.75. The highest BCUT2D eigenvalue weighted by molar-refractivity contribution is 9.10. The quantitative estimate of drug-likeness (QED) is 0.392. The van der Waals surface area contributed by atoms with E-state index >= 15 is 0 Å². The molecule has 1 saturated carbocycles. The summed E-state index contributed by atoms with van der Waals surface area (Å²) in [7, 11) is 0. The van der Waals surface area contributed by atoms with Gasteiger partial charge in [0.25, 0.3) is 5.91 Å². The van der Waals surface area contributed by atoms with Gasteiger partial charge < -0.3 is 10.6 Å². The minimum atomic E-state index is -0.182. The number of hydrogen-bond donors (Lipinski definition) is 2. The highest BCUT2D eigenvalue weighted by Crippen LogP contribution is 2.24. The van der Waals surface area contributed by atoms with Crippen LogP contribution in [0.15, 0.2) is 52.4 Å². The summed E-state index contributed by atoms with van der Waals surface area (Å²) in [5.74, 6) is 0.409. The Hall–Kier alpha value is -2.72. The number of thioether (sulfide) groups is 1. The number of amides is 2. The van der Waals surface area contributed by atoms with Crippen LogP contribution in [0, 0.1) is 6.92 Å². The number of benzene rings is 1. The van der Waals surface area contributed by atoms with Crippen molar-refractivity contribution < 1.29 is 9.59 Å². The maximum Gasteiger partial charge on any atom is 0.272 e. The predicted octanol–water partition coefficient (Wildman–Crippen LogP) is 3.36. The zero-order valence-corrected chi connectivity index (χ0v) is 18.5. The van der Waals surface area contributed by atoms with Gasteiger partial charge in [0.1, 0.15) is 11.4 Å². The number of halogens is 1. The molecule has 1 aliphatic rings. The van der Waals surface area contributed by atoms with E-state index in [4.69, 9.17) is 0 Å². The summed E-state index contributed by atoms with van der Waals surface area (Å²) in [6, 6.07) is 9.40. The largest absolute Gasteiger partial charge is 0.348 e. The van der Waals surface area contributed by atoms with Crippen molar-refractivity contribution in [1.29, 1.82) is 0 Å². The van der Waals surface area contributed by atoms with Gasteiger partial charge in [-0.15, -0.1) is 0 Å². The smallest absolute Gasteiger partial charge is 0.272 e. The molecule has 2 amide bonds. The first-order chi connectivity index (χ1) is 14.5. The second kappa shape index (κ2) is 8.97. The SMILES string of the molecule is Cc1ccc(NC(=O)CSc2cc(-n3ccc(C(=O)NC4CC4)n3)ncn2)c(Br)c1. The summed E-state index contributed by atoms with van der Waals surface area (Å²) in [5, 5.41) is 10.7. The number of nitrogens with zero attached hydrogens (tertiary/aromatic N) is 4. The van der Waals surface area contributed by atoms with E-state index in [1.165, 1.54) is 22.8 Å². The summed E-state index contributed by atoms with van der Waals surface area (Å²) in [6.45, 7) is 1.99. The molecule has 0 bridgehead atoms. The van der Waals surface area contributed by atoms with E-state index in [0.29, 0.717) is 16.5 Å². The van der Waals surface area contributed by atoms with E-state index < -0.39 is 0 Å². The van der Waals surface area contributed by atoms with Gasteiger partial charge >= 0.3 is 0 Å². The molecule has 30 heavy (non-hydrogen) atoms. The Morgan fingerprint density at radius 2 is 2.07 bits per heavy atom. The third-order valence-electron chi connectivity index (χ3n) is 4.35. The lowest BCUT2D eigenvalue weighted by molar-refractivity contribution is -0.113. The van der Waals surface area contributed by atoms with Crippen LogP contribution in [0.2, 0.25) is 0 Å². The minimum Gasteiger partial charge on any atom is -0.348 e. The molecule has 2 aromatic heterocycles. The second-order valence-corrected chi connectivity index (χ2v) is 8.78. The molecule has 10 heteroatoms. The third-order valence-corrected chi connectivity index (χ3v) is 5.93. The molecule has 0 atom stereocenters. The maximum absolute atomic E-state index is 12.3. The van der Waals surface area contributed by atoms with Crippen molar-refractivity contribution in [3.05, 3.63) is 58.6 Å². The normalized spacial score (nSPS) is 13.1. The summed E-state index contributed by atoms with van der Waals surface area (Å²) in [5.41, 5.74) is 2.18. The van der Waals surface area contributed by atoms with Crippen molar-refractivity contribution in [3.63, 3.8) is 0 Å². The fourth-order valence-corrected chi connectivity index (χ4v) is 3.89. The van der Waals surface area contributed by atoms with Crippen molar-refractivity contribution in [1.82, 2.24) is 25.1 Å². The fourth-order valence-electron chi connectivity index (χ4n) is 2.64. The van der Waals surface area contributed by atoms with Gasteiger partial charge in [-0.3, -0.25) is 9.59 Å². The van der Waals surface area contributed by atoms with E-state index in [9.17, 15) is 9.59 Å². The van der Waals surface area contributed by atoms with E-state index in [1.807, 2.05) is 25.1 Å². The highest BCUT2D eigenvalue weighted by Gasteiger charge is 2.24.